The average molecular weight is 369 g/mol. The van der Waals surface area contributed by atoms with E-state index in [4.69, 9.17) is 0 Å². The standard InChI is InChI=1S/C20H20N2OS2/c23-19(12-15-13-21-18-8-2-1-7-17(15)18)22-16-6-3-5-14(11-16)20-24-9-4-10-25-20/h1-3,5-8,11,13,20-21H,4,9-10,12H2,(H,22,23). The highest BCUT2D eigenvalue weighted by Crippen LogP contribution is 2.44. The van der Waals surface area contributed by atoms with Gasteiger partial charge in [-0.1, -0.05) is 30.3 Å². The number of rotatable bonds is 4. The SMILES string of the molecule is O=C(Cc1c[nH]c2ccccc12)Nc1cccc(C2SCCCS2)c1. The summed E-state index contributed by atoms with van der Waals surface area (Å²) in [6.45, 7) is 0. The number of benzene rings is 2. The number of thioether (sulfide) groups is 2. The average Bonchev–Trinajstić information content (AvgIpc) is 3.06. The van der Waals surface area contributed by atoms with Crippen molar-refractivity contribution in [1.82, 2.24) is 4.98 Å². The van der Waals surface area contributed by atoms with Crippen LogP contribution in [0.1, 0.15) is 22.1 Å². The van der Waals surface area contributed by atoms with Crippen molar-refractivity contribution in [3.05, 3.63) is 65.9 Å². The second kappa shape index (κ2) is 7.58. The van der Waals surface area contributed by atoms with Crippen LogP contribution < -0.4 is 5.32 Å². The predicted molar refractivity (Wildman–Crippen MR) is 109 cm³/mol. The summed E-state index contributed by atoms with van der Waals surface area (Å²) in [6.07, 6.45) is 3.59. The van der Waals surface area contributed by atoms with E-state index < -0.39 is 0 Å². The van der Waals surface area contributed by atoms with E-state index in [2.05, 4.69) is 22.4 Å². The summed E-state index contributed by atoms with van der Waals surface area (Å²) < 4.78 is 0.485. The molecule has 0 spiro atoms. The van der Waals surface area contributed by atoms with Crippen LogP contribution in [0.3, 0.4) is 0 Å². The number of nitrogens with one attached hydrogen (secondary N) is 2. The molecule has 2 N–H and O–H groups in total. The van der Waals surface area contributed by atoms with E-state index in [-0.39, 0.29) is 5.91 Å². The highest BCUT2D eigenvalue weighted by Gasteiger charge is 2.17. The van der Waals surface area contributed by atoms with E-state index in [1.165, 1.54) is 23.5 Å². The van der Waals surface area contributed by atoms with Crippen LogP contribution in [0.4, 0.5) is 5.69 Å². The van der Waals surface area contributed by atoms with Gasteiger partial charge in [0.05, 0.1) is 11.0 Å². The van der Waals surface area contributed by atoms with Gasteiger partial charge in [0.2, 0.25) is 5.91 Å². The van der Waals surface area contributed by atoms with Crippen LogP contribution in [0.25, 0.3) is 10.9 Å². The molecule has 0 unspecified atom stereocenters. The van der Waals surface area contributed by atoms with Crippen LogP contribution in [0.15, 0.2) is 54.7 Å². The molecule has 1 fully saturated rings. The Hall–Kier alpha value is -1.85. The van der Waals surface area contributed by atoms with Crippen LogP contribution in [-0.2, 0) is 11.2 Å². The van der Waals surface area contributed by atoms with Gasteiger partial charge >= 0.3 is 0 Å². The minimum atomic E-state index is 0.0193. The highest BCUT2D eigenvalue weighted by molar-refractivity contribution is 8.16. The van der Waals surface area contributed by atoms with Crippen molar-refractivity contribution >= 4 is 46.0 Å². The van der Waals surface area contributed by atoms with Crippen LogP contribution in [0, 0.1) is 0 Å². The number of aromatic amines is 1. The number of fused-ring (bicyclic) bond motifs is 1. The minimum Gasteiger partial charge on any atom is -0.361 e. The van der Waals surface area contributed by atoms with E-state index in [9.17, 15) is 4.79 Å². The van der Waals surface area contributed by atoms with Gasteiger partial charge in [-0.3, -0.25) is 4.79 Å². The monoisotopic (exact) mass is 368 g/mol. The number of carbonyl (C=O) groups is 1. The fraction of sp³-hybridized carbons (Fsp3) is 0.250. The zero-order chi connectivity index (χ0) is 17.1. The second-order valence-electron chi connectivity index (χ2n) is 6.14. The Kier molecular flexibility index (Phi) is 5.04. The molecule has 128 valence electrons. The van der Waals surface area contributed by atoms with E-state index in [0.717, 1.165) is 22.2 Å². The number of aromatic nitrogens is 1. The highest BCUT2D eigenvalue weighted by atomic mass is 32.2. The zero-order valence-electron chi connectivity index (χ0n) is 13.8. The summed E-state index contributed by atoms with van der Waals surface area (Å²) in [7, 11) is 0. The molecule has 1 amide bonds. The molecule has 2 aromatic carbocycles. The van der Waals surface area contributed by atoms with E-state index >= 15 is 0 Å². The lowest BCUT2D eigenvalue weighted by atomic mass is 10.1. The van der Waals surface area contributed by atoms with Gasteiger partial charge in [0.1, 0.15) is 0 Å². The molecule has 0 atom stereocenters. The van der Waals surface area contributed by atoms with Gasteiger partial charge < -0.3 is 10.3 Å². The number of para-hydroxylation sites is 1. The van der Waals surface area contributed by atoms with Crippen LogP contribution in [-0.4, -0.2) is 22.4 Å². The molecule has 0 radical (unpaired) electrons. The van der Waals surface area contributed by atoms with Crippen molar-refractivity contribution in [2.75, 3.05) is 16.8 Å². The summed E-state index contributed by atoms with van der Waals surface area (Å²) in [5.74, 6) is 2.45. The van der Waals surface area contributed by atoms with Gasteiger partial charge in [0.25, 0.3) is 0 Å². The number of anilines is 1. The fourth-order valence-corrected chi connectivity index (χ4v) is 5.97. The number of hydrogen-bond acceptors (Lipinski definition) is 3. The molecule has 0 bridgehead atoms. The van der Waals surface area contributed by atoms with E-state index in [1.807, 2.05) is 66.1 Å². The first-order valence-corrected chi connectivity index (χ1v) is 10.6. The molecular weight excluding hydrogens is 348 g/mol. The van der Waals surface area contributed by atoms with Gasteiger partial charge in [-0.05, 0) is 47.3 Å². The summed E-state index contributed by atoms with van der Waals surface area (Å²) in [6, 6.07) is 16.3. The van der Waals surface area contributed by atoms with Gasteiger partial charge in [0.15, 0.2) is 0 Å². The minimum absolute atomic E-state index is 0.0193. The lowest BCUT2D eigenvalue weighted by Gasteiger charge is -2.21. The molecular formula is C20H20N2OS2. The number of H-pyrrole nitrogens is 1. The van der Waals surface area contributed by atoms with Crippen molar-refractivity contribution in [3.63, 3.8) is 0 Å². The van der Waals surface area contributed by atoms with Crippen molar-refractivity contribution in [1.29, 1.82) is 0 Å². The maximum atomic E-state index is 12.5. The lowest BCUT2D eigenvalue weighted by Crippen LogP contribution is -2.14. The largest absolute Gasteiger partial charge is 0.361 e. The Morgan fingerprint density at radius 1 is 1.12 bits per heavy atom. The quantitative estimate of drug-likeness (QED) is 0.664. The van der Waals surface area contributed by atoms with Crippen molar-refractivity contribution < 1.29 is 4.79 Å². The topological polar surface area (TPSA) is 44.9 Å². The summed E-state index contributed by atoms with van der Waals surface area (Å²) in [4.78, 5) is 15.7. The van der Waals surface area contributed by atoms with Crippen LogP contribution in [0.5, 0.6) is 0 Å². The van der Waals surface area contributed by atoms with Gasteiger partial charge in [-0.25, -0.2) is 0 Å². The first-order chi connectivity index (χ1) is 12.3. The van der Waals surface area contributed by atoms with E-state index in [0.29, 0.717) is 11.0 Å². The zero-order valence-corrected chi connectivity index (χ0v) is 15.5. The maximum absolute atomic E-state index is 12.5. The normalized spacial score (nSPS) is 15.4. The second-order valence-corrected chi connectivity index (χ2v) is 8.86. The van der Waals surface area contributed by atoms with Crippen molar-refractivity contribution in [2.45, 2.75) is 17.4 Å². The number of amides is 1. The molecule has 2 heterocycles. The molecule has 5 heteroatoms. The summed E-state index contributed by atoms with van der Waals surface area (Å²) >= 11 is 3.99. The van der Waals surface area contributed by atoms with Crippen molar-refractivity contribution in [3.8, 4) is 0 Å². The Morgan fingerprint density at radius 2 is 1.96 bits per heavy atom. The molecule has 3 aromatic rings. The molecule has 1 aromatic heterocycles. The molecule has 0 aliphatic carbocycles. The predicted octanol–water partition coefficient (Wildman–Crippen LogP) is 5.22. The fourth-order valence-electron chi connectivity index (χ4n) is 3.10. The van der Waals surface area contributed by atoms with Gasteiger partial charge in [-0.2, -0.15) is 0 Å². The third-order valence-corrected chi connectivity index (χ3v) is 7.31. The summed E-state index contributed by atoms with van der Waals surface area (Å²) in [5.41, 5.74) is 4.27. The molecule has 1 aliphatic heterocycles. The molecule has 25 heavy (non-hydrogen) atoms. The van der Waals surface area contributed by atoms with Crippen LogP contribution >= 0.6 is 23.5 Å². The third-order valence-electron chi connectivity index (χ3n) is 4.30. The van der Waals surface area contributed by atoms with Gasteiger partial charge in [-0.15, -0.1) is 23.5 Å². The summed E-state index contributed by atoms with van der Waals surface area (Å²) in [5, 5.41) is 4.17. The number of hydrogen-bond donors (Lipinski definition) is 2. The Bertz CT molecular complexity index is 884. The first kappa shape index (κ1) is 16.6. The Labute approximate surface area is 156 Å². The Morgan fingerprint density at radius 3 is 2.84 bits per heavy atom. The smallest absolute Gasteiger partial charge is 0.228 e. The van der Waals surface area contributed by atoms with Crippen LogP contribution in [0.2, 0.25) is 0 Å². The van der Waals surface area contributed by atoms with Crippen molar-refractivity contribution in [2.24, 2.45) is 0 Å². The molecule has 1 aliphatic rings. The lowest BCUT2D eigenvalue weighted by molar-refractivity contribution is -0.115. The first-order valence-electron chi connectivity index (χ1n) is 8.47. The molecule has 1 saturated heterocycles. The van der Waals surface area contributed by atoms with Gasteiger partial charge in [0, 0.05) is 22.8 Å². The third kappa shape index (κ3) is 3.88. The Balaban J connectivity index is 1.45. The molecule has 4 rings (SSSR count). The van der Waals surface area contributed by atoms with E-state index in [1.54, 1.807) is 0 Å². The number of carbonyl (C=O) groups excluding carboxylic acids is 1. The maximum Gasteiger partial charge on any atom is 0.228 e. The molecule has 0 saturated carbocycles. The molecule has 3 nitrogen and oxygen atoms in total.